The number of methoxy groups -OCH3 is 1. The van der Waals surface area contributed by atoms with Crippen LogP contribution in [0.25, 0.3) is 0 Å². The molecule has 1 N–H and O–H groups in total. The molecule has 2 rings (SSSR count). The van der Waals surface area contributed by atoms with Crippen molar-refractivity contribution in [2.45, 2.75) is 39.2 Å². The van der Waals surface area contributed by atoms with Crippen LogP contribution in [0.4, 0.5) is 10.5 Å². The zero-order valence-electron chi connectivity index (χ0n) is 16.8. The first-order valence-corrected chi connectivity index (χ1v) is 9.57. The van der Waals surface area contributed by atoms with Crippen molar-refractivity contribution in [2.24, 2.45) is 0 Å². The number of ether oxygens (including phenoxy) is 2. The van der Waals surface area contributed by atoms with Crippen LogP contribution in [0, 0.1) is 0 Å². The second kappa shape index (κ2) is 10.5. The van der Waals surface area contributed by atoms with Gasteiger partial charge in [-0.05, 0) is 44.0 Å². The number of amides is 3. The largest absolute Gasteiger partial charge is 0.497 e. The molecule has 154 valence electrons. The fourth-order valence-electron chi connectivity index (χ4n) is 3.16. The number of nitrogens with one attached hydrogen (secondary N) is 1. The second-order valence-corrected chi connectivity index (χ2v) is 6.65. The van der Waals surface area contributed by atoms with E-state index in [1.165, 1.54) is 6.92 Å². The van der Waals surface area contributed by atoms with Crippen LogP contribution in [0.5, 0.6) is 5.75 Å². The molecule has 8 nitrogen and oxygen atoms in total. The number of likely N-dealkylation sites (tertiary alicyclic amines) is 1. The Labute approximate surface area is 165 Å². The predicted octanol–water partition coefficient (Wildman–Crippen LogP) is 2.18. The first-order chi connectivity index (χ1) is 13.4. The van der Waals surface area contributed by atoms with Gasteiger partial charge in [-0.2, -0.15) is 0 Å². The molecule has 1 aromatic carbocycles. The molecule has 3 amide bonds. The molecule has 0 spiro atoms. The Bertz CT molecular complexity index is 669. The number of hydrogen-bond acceptors (Lipinski definition) is 5. The number of carbonyl (C=O) groups is 3. The summed E-state index contributed by atoms with van der Waals surface area (Å²) in [6, 6.07) is 7.18. The standard InChI is InChI=1S/C20H29N3O5/c1-4-28-20(26)22-12-9-16(10-13-22)21-19(25)11-14-23(15(2)24)17-5-7-18(27-3)8-6-17/h5-8,16H,4,9-14H2,1-3H3,(H,21,25). The van der Waals surface area contributed by atoms with Crippen molar-refractivity contribution in [3.8, 4) is 5.75 Å². The molecule has 0 radical (unpaired) electrons. The van der Waals surface area contributed by atoms with Gasteiger partial charge in [0, 0.05) is 44.7 Å². The van der Waals surface area contributed by atoms with Crippen LogP contribution in [-0.2, 0) is 14.3 Å². The Morgan fingerprint density at radius 3 is 2.36 bits per heavy atom. The van der Waals surface area contributed by atoms with Gasteiger partial charge < -0.3 is 24.6 Å². The van der Waals surface area contributed by atoms with Gasteiger partial charge in [-0.1, -0.05) is 0 Å². The lowest BCUT2D eigenvalue weighted by atomic mass is 10.1. The first kappa shape index (κ1) is 21.5. The number of rotatable bonds is 7. The van der Waals surface area contributed by atoms with Gasteiger partial charge in [0.05, 0.1) is 13.7 Å². The molecule has 0 bridgehead atoms. The summed E-state index contributed by atoms with van der Waals surface area (Å²) in [5.74, 6) is 0.481. The number of benzene rings is 1. The summed E-state index contributed by atoms with van der Waals surface area (Å²) in [6.07, 6.45) is 1.30. The Balaban J connectivity index is 1.80. The summed E-state index contributed by atoms with van der Waals surface area (Å²) in [4.78, 5) is 39.2. The highest BCUT2D eigenvalue weighted by Gasteiger charge is 2.24. The van der Waals surface area contributed by atoms with Crippen molar-refractivity contribution in [1.29, 1.82) is 0 Å². The number of carbonyl (C=O) groups excluding carboxylic acids is 3. The van der Waals surface area contributed by atoms with Crippen molar-refractivity contribution >= 4 is 23.6 Å². The van der Waals surface area contributed by atoms with Crippen LogP contribution >= 0.6 is 0 Å². The van der Waals surface area contributed by atoms with Crippen molar-refractivity contribution in [1.82, 2.24) is 10.2 Å². The predicted molar refractivity (Wildman–Crippen MR) is 105 cm³/mol. The minimum absolute atomic E-state index is 0.0324. The first-order valence-electron chi connectivity index (χ1n) is 9.57. The Morgan fingerprint density at radius 1 is 1.18 bits per heavy atom. The number of hydrogen-bond donors (Lipinski definition) is 1. The quantitative estimate of drug-likeness (QED) is 0.770. The molecule has 0 aromatic heterocycles. The molecule has 1 aromatic rings. The minimum atomic E-state index is -0.302. The van der Waals surface area contributed by atoms with E-state index in [9.17, 15) is 14.4 Å². The zero-order valence-corrected chi connectivity index (χ0v) is 16.8. The van der Waals surface area contributed by atoms with Crippen molar-refractivity contribution in [3.63, 3.8) is 0 Å². The molecule has 1 heterocycles. The van der Waals surface area contributed by atoms with E-state index >= 15 is 0 Å². The molecule has 0 unspecified atom stereocenters. The highest BCUT2D eigenvalue weighted by Crippen LogP contribution is 2.20. The van der Waals surface area contributed by atoms with Gasteiger partial charge in [0.2, 0.25) is 11.8 Å². The maximum absolute atomic E-state index is 12.3. The summed E-state index contributed by atoms with van der Waals surface area (Å²) in [7, 11) is 1.58. The van der Waals surface area contributed by atoms with Gasteiger partial charge >= 0.3 is 6.09 Å². The second-order valence-electron chi connectivity index (χ2n) is 6.65. The highest BCUT2D eigenvalue weighted by molar-refractivity contribution is 5.92. The summed E-state index contributed by atoms with van der Waals surface area (Å²) in [5, 5.41) is 3.00. The fraction of sp³-hybridized carbons (Fsp3) is 0.550. The maximum Gasteiger partial charge on any atom is 0.409 e. The summed E-state index contributed by atoms with van der Waals surface area (Å²) >= 11 is 0. The molecule has 1 aliphatic heterocycles. The average molecular weight is 391 g/mol. The minimum Gasteiger partial charge on any atom is -0.497 e. The van der Waals surface area contributed by atoms with E-state index in [1.807, 2.05) is 0 Å². The third kappa shape index (κ3) is 6.14. The summed E-state index contributed by atoms with van der Waals surface area (Å²) in [5.41, 5.74) is 0.726. The van der Waals surface area contributed by atoms with Gasteiger partial charge in [-0.15, -0.1) is 0 Å². The Hall–Kier alpha value is -2.77. The molecule has 8 heteroatoms. The van der Waals surface area contributed by atoms with Gasteiger partial charge in [0.15, 0.2) is 0 Å². The molecule has 28 heavy (non-hydrogen) atoms. The molecule has 1 aliphatic rings. The van der Waals surface area contributed by atoms with Gasteiger partial charge in [0.25, 0.3) is 0 Å². The third-order valence-electron chi connectivity index (χ3n) is 4.71. The van der Waals surface area contributed by atoms with Crippen LogP contribution < -0.4 is 15.0 Å². The van der Waals surface area contributed by atoms with Crippen LogP contribution in [0.3, 0.4) is 0 Å². The molecule has 0 atom stereocenters. The van der Waals surface area contributed by atoms with Crippen molar-refractivity contribution in [2.75, 3.05) is 38.3 Å². The van der Waals surface area contributed by atoms with Crippen molar-refractivity contribution in [3.05, 3.63) is 24.3 Å². The van der Waals surface area contributed by atoms with Gasteiger partial charge in [0.1, 0.15) is 5.75 Å². The van der Waals surface area contributed by atoms with E-state index in [0.717, 1.165) is 5.69 Å². The summed E-state index contributed by atoms with van der Waals surface area (Å²) in [6.45, 7) is 5.05. The average Bonchev–Trinajstić information content (AvgIpc) is 2.69. The van der Waals surface area contributed by atoms with E-state index in [4.69, 9.17) is 9.47 Å². The number of anilines is 1. The van der Waals surface area contributed by atoms with E-state index in [2.05, 4.69) is 5.32 Å². The SMILES string of the molecule is CCOC(=O)N1CCC(NC(=O)CCN(C(C)=O)c2ccc(OC)cc2)CC1. The van der Waals surface area contributed by atoms with Crippen LogP contribution in [-0.4, -0.2) is 62.2 Å². The molecular weight excluding hydrogens is 362 g/mol. The molecule has 1 saturated heterocycles. The molecular formula is C20H29N3O5. The Morgan fingerprint density at radius 2 is 1.82 bits per heavy atom. The van der Waals surface area contributed by atoms with E-state index < -0.39 is 0 Å². The lowest BCUT2D eigenvalue weighted by Crippen LogP contribution is -2.47. The fourth-order valence-corrected chi connectivity index (χ4v) is 3.16. The Kier molecular flexibility index (Phi) is 8.10. The normalized spacial score (nSPS) is 14.3. The monoisotopic (exact) mass is 391 g/mol. The topological polar surface area (TPSA) is 88.2 Å². The molecule has 1 fully saturated rings. The molecule has 0 aliphatic carbocycles. The zero-order chi connectivity index (χ0) is 20.5. The van der Waals surface area contributed by atoms with Crippen LogP contribution in [0.15, 0.2) is 24.3 Å². The molecule has 0 saturated carbocycles. The van der Waals surface area contributed by atoms with Gasteiger partial charge in [-0.25, -0.2) is 4.79 Å². The van der Waals surface area contributed by atoms with E-state index in [-0.39, 0.29) is 30.4 Å². The lowest BCUT2D eigenvalue weighted by molar-refractivity contribution is -0.122. The summed E-state index contributed by atoms with van der Waals surface area (Å²) < 4.78 is 10.1. The number of piperidine rings is 1. The third-order valence-corrected chi connectivity index (χ3v) is 4.71. The smallest absolute Gasteiger partial charge is 0.409 e. The maximum atomic E-state index is 12.3. The van der Waals surface area contributed by atoms with E-state index in [1.54, 1.807) is 48.1 Å². The van der Waals surface area contributed by atoms with E-state index in [0.29, 0.717) is 44.8 Å². The lowest BCUT2D eigenvalue weighted by Gasteiger charge is -2.31. The van der Waals surface area contributed by atoms with Gasteiger partial charge in [-0.3, -0.25) is 9.59 Å². The highest BCUT2D eigenvalue weighted by atomic mass is 16.6. The number of nitrogens with zero attached hydrogens (tertiary/aromatic N) is 2. The van der Waals surface area contributed by atoms with Crippen molar-refractivity contribution < 1.29 is 23.9 Å². The van der Waals surface area contributed by atoms with Crippen LogP contribution in [0.1, 0.15) is 33.1 Å². The van der Waals surface area contributed by atoms with Crippen LogP contribution in [0.2, 0.25) is 0 Å².